The number of hydrogen-bond donors (Lipinski definition) is 2. The van der Waals surface area contributed by atoms with Gasteiger partial charge in [-0.3, -0.25) is 4.90 Å². The Bertz CT molecular complexity index is 638. The van der Waals surface area contributed by atoms with Crippen molar-refractivity contribution in [3.8, 4) is 0 Å². The fourth-order valence-corrected chi connectivity index (χ4v) is 2.54. The molecule has 2 N–H and O–H groups in total. The Morgan fingerprint density at radius 2 is 2.00 bits per heavy atom. The maximum absolute atomic E-state index is 11.5. The van der Waals surface area contributed by atoms with E-state index in [0.717, 1.165) is 50.3 Å². The van der Waals surface area contributed by atoms with Crippen LogP contribution in [0.5, 0.6) is 0 Å². The second-order valence-corrected chi connectivity index (χ2v) is 4.99. The van der Waals surface area contributed by atoms with Crippen LogP contribution >= 0.6 is 12.4 Å². The minimum Gasteiger partial charge on any atom is -0.423 e. The number of fused-ring (bicyclic) bond motifs is 1. The molecule has 1 saturated heterocycles. The molecular formula is C15H20ClN3O2. The Balaban J connectivity index is 0.00000161. The molecular weight excluding hydrogens is 290 g/mol. The van der Waals surface area contributed by atoms with E-state index in [1.165, 1.54) is 6.07 Å². The van der Waals surface area contributed by atoms with Gasteiger partial charge in [0.2, 0.25) is 0 Å². The van der Waals surface area contributed by atoms with Crippen molar-refractivity contribution in [1.82, 2.24) is 10.2 Å². The van der Waals surface area contributed by atoms with Crippen molar-refractivity contribution in [1.29, 1.82) is 0 Å². The van der Waals surface area contributed by atoms with Crippen LogP contribution in [0, 0.1) is 0 Å². The van der Waals surface area contributed by atoms with Gasteiger partial charge in [-0.05, 0) is 12.1 Å². The maximum atomic E-state index is 11.5. The molecule has 0 unspecified atom stereocenters. The number of piperazine rings is 1. The summed E-state index contributed by atoms with van der Waals surface area (Å²) in [6, 6.07) is 9.13. The largest absolute Gasteiger partial charge is 0.423 e. The molecule has 2 aromatic rings. The van der Waals surface area contributed by atoms with E-state index in [9.17, 15) is 4.79 Å². The molecule has 0 amide bonds. The molecule has 6 heteroatoms. The normalized spacial score (nSPS) is 15.6. The van der Waals surface area contributed by atoms with Gasteiger partial charge in [0.25, 0.3) is 0 Å². The van der Waals surface area contributed by atoms with Crippen molar-refractivity contribution >= 4 is 29.1 Å². The quantitative estimate of drug-likeness (QED) is 0.839. The maximum Gasteiger partial charge on any atom is 0.338 e. The van der Waals surface area contributed by atoms with E-state index in [2.05, 4.69) is 15.5 Å². The number of nitrogens with zero attached hydrogens (tertiary/aromatic N) is 1. The number of halogens is 1. The lowest BCUT2D eigenvalue weighted by Gasteiger charge is -2.27. The van der Waals surface area contributed by atoms with Crippen LogP contribution in [-0.4, -0.2) is 44.2 Å². The Kier molecular flexibility index (Phi) is 5.61. The van der Waals surface area contributed by atoms with Crippen LogP contribution in [0.3, 0.4) is 0 Å². The number of rotatable bonds is 4. The SMILES string of the molecule is Cl.O=c1cc(NCCN2CCNCC2)c2ccccc2o1. The topological polar surface area (TPSA) is 57.5 Å². The van der Waals surface area contributed by atoms with Crippen LogP contribution in [0.25, 0.3) is 11.0 Å². The molecule has 114 valence electrons. The summed E-state index contributed by atoms with van der Waals surface area (Å²) >= 11 is 0. The molecule has 0 radical (unpaired) electrons. The van der Waals surface area contributed by atoms with Gasteiger partial charge in [-0.25, -0.2) is 4.79 Å². The van der Waals surface area contributed by atoms with E-state index in [0.29, 0.717) is 5.58 Å². The average Bonchev–Trinajstić information content (AvgIpc) is 2.48. The summed E-state index contributed by atoms with van der Waals surface area (Å²) in [6.45, 7) is 6.08. The van der Waals surface area contributed by atoms with Crippen LogP contribution in [0.2, 0.25) is 0 Å². The standard InChI is InChI=1S/C15H19N3O2.ClH/c19-15-11-13(12-3-1-2-4-14(12)20-15)17-7-10-18-8-5-16-6-9-18;/h1-4,11,16-17H,5-10H2;1H. The molecule has 1 fully saturated rings. The van der Waals surface area contributed by atoms with Crippen LogP contribution in [0.1, 0.15) is 0 Å². The van der Waals surface area contributed by atoms with Gasteiger partial charge in [0.1, 0.15) is 5.58 Å². The Hall–Kier alpha value is -1.56. The fourth-order valence-electron chi connectivity index (χ4n) is 2.54. The third kappa shape index (κ3) is 3.97. The predicted octanol–water partition coefficient (Wildman–Crippen LogP) is 1.53. The molecule has 0 saturated carbocycles. The van der Waals surface area contributed by atoms with Crippen molar-refractivity contribution in [2.45, 2.75) is 0 Å². The van der Waals surface area contributed by atoms with Crippen molar-refractivity contribution in [3.05, 3.63) is 40.8 Å². The van der Waals surface area contributed by atoms with Crippen LogP contribution in [0.15, 0.2) is 39.5 Å². The minimum atomic E-state index is -0.312. The van der Waals surface area contributed by atoms with Gasteiger partial charge in [-0.15, -0.1) is 12.4 Å². The van der Waals surface area contributed by atoms with Crippen molar-refractivity contribution in [2.75, 3.05) is 44.6 Å². The minimum absolute atomic E-state index is 0. The Morgan fingerprint density at radius 1 is 1.24 bits per heavy atom. The van der Waals surface area contributed by atoms with Gasteiger partial charge in [0.15, 0.2) is 0 Å². The first-order chi connectivity index (χ1) is 9.83. The summed E-state index contributed by atoms with van der Waals surface area (Å²) in [4.78, 5) is 14.0. The fraction of sp³-hybridized carbons (Fsp3) is 0.400. The monoisotopic (exact) mass is 309 g/mol. The van der Waals surface area contributed by atoms with E-state index in [-0.39, 0.29) is 18.0 Å². The van der Waals surface area contributed by atoms with Crippen LogP contribution in [-0.2, 0) is 0 Å². The zero-order valence-corrected chi connectivity index (χ0v) is 12.6. The third-order valence-electron chi connectivity index (χ3n) is 3.60. The van der Waals surface area contributed by atoms with E-state index in [1.54, 1.807) is 0 Å². The Labute approximate surface area is 129 Å². The van der Waals surface area contributed by atoms with Crippen molar-refractivity contribution < 1.29 is 4.42 Å². The molecule has 1 aromatic heterocycles. The summed E-state index contributed by atoms with van der Waals surface area (Å²) in [7, 11) is 0. The smallest absolute Gasteiger partial charge is 0.338 e. The first-order valence-corrected chi connectivity index (χ1v) is 7.03. The highest BCUT2D eigenvalue weighted by molar-refractivity contribution is 5.89. The molecule has 0 spiro atoms. The highest BCUT2D eigenvalue weighted by Gasteiger charge is 2.09. The van der Waals surface area contributed by atoms with Gasteiger partial charge >= 0.3 is 5.63 Å². The molecule has 0 aliphatic carbocycles. The van der Waals surface area contributed by atoms with E-state index in [1.807, 2.05) is 24.3 Å². The number of para-hydroxylation sites is 1. The Morgan fingerprint density at radius 3 is 2.81 bits per heavy atom. The summed E-state index contributed by atoms with van der Waals surface area (Å²) in [6.07, 6.45) is 0. The molecule has 5 nitrogen and oxygen atoms in total. The van der Waals surface area contributed by atoms with Crippen molar-refractivity contribution in [2.24, 2.45) is 0 Å². The molecule has 0 atom stereocenters. The number of nitrogens with one attached hydrogen (secondary N) is 2. The molecule has 1 aliphatic heterocycles. The molecule has 1 aromatic carbocycles. The number of anilines is 1. The summed E-state index contributed by atoms with van der Waals surface area (Å²) in [5, 5.41) is 7.64. The van der Waals surface area contributed by atoms with Gasteiger partial charge in [0, 0.05) is 50.7 Å². The van der Waals surface area contributed by atoms with E-state index in [4.69, 9.17) is 4.42 Å². The number of hydrogen-bond acceptors (Lipinski definition) is 5. The second-order valence-electron chi connectivity index (χ2n) is 4.99. The lowest BCUT2D eigenvalue weighted by atomic mass is 10.2. The third-order valence-corrected chi connectivity index (χ3v) is 3.60. The highest BCUT2D eigenvalue weighted by atomic mass is 35.5. The van der Waals surface area contributed by atoms with Crippen LogP contribution < -0.4 is 16.3 Å². The zero-order chi connectivity index (χ0) is 13.8. The van der Waals surface area contributed by atoms with Gasteiger partial charge in [0.05, 0.1) is 5.69 Å². The lowest BCUT2D eigenvalue weighted by molar-refractivity contribution is 0.249. The van der Waals surface area contributed by atoms with Gasteiger partial charge in [-0.1, -0.05) is 12.1 Å². The average molecular weight is 310 g/mol. The van der Waals surface area contributed by atoms with Crippen molar-refractivity contribution in [3.63, 3.8) is 0 Å². The molecule has 2 heterocycles. The van der Waals surface area contributed by atoms with Crippen LogP contribution in [0.4, 0.5) is 5.69 Å². The van der Waals surface area contributed by atoms with Gasteiger partial charge < -0.3 is 15.1 Å². The highest BCUT2D eigenvalue weighted by Crippen LogP contribution is 2.20. The zero-order valence-electron chi connectivity index (χ0n) is 11.8. The predicted molar refractivity (Wildman–Crippen MR) is 87.5 cm³/mol. The summed E-state index contributed by atoms with van der Waals surface area (Å²) < 4.78 is 5.18. The van der Waals surface area contributed by atoms with Gasteiger partial charge in [-0.2, -0.15) is 0 Å². The number of benzene rings is 1. The molecule has 21 heavy (non-hydrogen) atoms. The first-order valence-electron chi connectivity index (χ1n) is 7.03. The van der Waals surface area contributed by atoms with E-state index < -0.39 is 0 Å². The summed E-state index contributed by atoms with van der Waals surface area (Å²) in [5.74, 6) is 0. The molecule has 3 rings (SSSR count). The van der Waals surface area contributed by atoms with E-state index >= 15 is 0 Å². The molecule has 1 aliphatic rings. The lowest BCUT2D eigenvalue weighted by Crippen LogP contribution is -2.45. The second kappa shape index (κ2) is 7.45. The molecule has 0 bridgehead atoms. The first kappa shape index (κ1) is 15.8. The summed E-state index contributed by atoms with van der Waals surface area (Å²) in [5.41, 5.74) is 1.17.